The molecule has 2 heterocycles. The SMILES string of the molecule is Cc1nn(Cc2ccccc2)c(C)c1/C=N/NC(=O)c1cccs1. The van der Waals surface area contributed by atoms with Crippen LogP contribution in [0, 0.1) is 13.8 Å². The third-order valence-electron chi connectivity index (χ3n) is 3.72. The second-order valence-corrected chi connectivity index (χ2v) is 6.35. The van der Waals surface area contributed by atoms with Gasteiger partial charge in [0.1, 0.15) is 0 Å². The lowest BCUT2D eigenvalue weighted by atomic mass is 10.2. The molecule has 1 amide bonds. The molecule has 122 valence electrons. The number of benzene rings is 1. The monoisotopic (exact) mass is 338 g/mol. The zero-order chi connectivity index (χ0) is 16.9. The van der Waals surface area contributed by atoms with Crippen molar-refractivity contribution >= 4 is 23.5 Å². The highest BCUT2D eigenvalue weighted by Gasteiger charge is 2.10. The lowest BCUT2D eigenvalue weighted by Crippen LogP contribution is -2.16. The summed E-state index contributed by atoms with van der Waals surface area (Å²) in [4.78, 5) is 12.5. The van der Waals surface area contributed by atoms with Gasteiger partial charge in [-0.15, -0.1) is 11.3 Å². The van der Waals surface area contributed by atoms with Crippen molar-refractivity contribution < 1.29 is 4.79 Å². The van der Waals surface area contributed by atoms with Crippen molar-refractivity contribution in [2.24, 2.45) is 5.10 Å². The Morgan fingerprint density at radius 2 is 2.04 bits per heavy atom. The van der Waals surface area contributed by atoms with Crippen LogP contribution in [0.15, 0.2) is 52.9 Å². The summed E-state index contributed by atoms with van der Waals surface area (Å²) in [6, 6.07) is 13.8. The molecule has 0 unspecified atom stereocenters. The van der Waals surface area contributed by atoms with Gasteiger partial charge in [0.25, 0.3) is 5.91 Å². The van der Waals surface area contributed by atoms with Gasteiger partial charge in [0.05, 0.1) is 23.3 Å². The van der Waals surface area contributed by atoms with Gasteiger partial charge in [0.15, 0.2) is 0 Å². The molecular formula is C18H18N4OS. The number of nitrogens with zero attached hydrogens (tertiary/aromatic N) is 3. The smallest absolute Gasteiger partial charge is 0.266 e. The number of nitrogens with one attached hydrogen (secondary N) is 1. The number of hydrogen-bond donors (Lipinski definition) is 1. The van der Waals surface area contributed by atoms with Gasteiger partial charge in [0.2, 0.25) is 0 Å². The van der Waals surface area contributed by atoms with Crippen molar-refractivity contribution in [1.29, 1.82) is 0 Å². The van der Waals surface area contributed by atoms with Crippen LogP contribution in [0.5, 0.6) is 0 Å². The van der Waals surface area contributed by atoms with Gasteiger partial charge in [-0.25, -0.2) is 5.43 Å². The van der Waals surface area contributed by atoms with Crippen molar-refractivity contribution in [2.45, 2.75) is 20.4 Å². The lowest BCUT2D eigenvalue weighted by Gasteiger charge is -2.04. The van der Waals surface area contributed by atoms with E-state index in [-0.39, 0.29) is 5.91 Å². The molecule has 1 aromatic carbocycles. The molecule has 0 saturated carbocycles. The van der Waals surface area contributed by atoms with Crippen molar-refractivity contribution in [3.05, 3.63) is 75.2 Å². The predicted molar refractivity (Wildman–Crippen MR) is 96.6 cm³/mol. The quantitative estimate of drug-likeness (QED) is 0.573. The van der Waals surface area contributed by atoms with Gasteiger partial charge in [-0.2, -0.15) is 10.2 Å². The fourth-order valence-corrected chi connectivity index (χ4v) is 3.04. The van der Waals surface area contributed by atoms with Crippen LogP contribution in [-0.4, -0.2) is 21.9 Å². The maximum atomic E-state index is 11.9. The van der Waals surface area contributed by atoms with E-state index in [1.807, 2.05) is 48.2 Å². The molecular weight excluding hydrogens is 320 g/mol. The maximum absolute atomic E-state index is 11.9. The molecule has 0 aliphatic heterocycles. The Hall–Kier alpha value is -2.73. The zero-order valence-corrected chi connectivity index (χ0v) is 14.4. The van der Waals surface area contributed by atoms with Crippen LogP contribution in [0.1, 0.15) is 32.2 Å². The summed E-state index contributed by atoms with van der Waals surface area (Å²) in [5.74, 6) is -0.201. The average molecular weight is 338 g/mol. The van der Waals surface area contributed by atoms with E-state index in [0.717, 1.165) is 17.0 Å². The number of thiophene rings is 1. The molecule has 5 nitrogen and oxygen atoms in total. The maximum Gasteiger partial charge on any atom is 0.281 e. The van der Waals surface area contributed by atoms with Crippen LogP contribution in [0.3, 0.4) is 0 Å². The largest absolute Gasteiger partial charge is 0.281 e. The molecule has 24 heavy (non-hydrogen) atoms. The number of hydrazone groups is 1. The first-order valence-electron chi connectivity index (χ1n) is 7.60. The Morgan fingerprint density at radius 3 is 2.75 bits per heavy atom. The topological polar surface area (TPSA) is 59.3 Å². The molecule has 6 heteroatoms. The highest BCUT2D eigenvalue weighted by atomic mass is 32.1. The number of aryl methyl sites for hydroxylation is 1. The van der Waals surface area contributed by atoms with E-state index in [2.05, 4.69) is 27.8 Å². The van der Waals surface area contributed by atoms with Gasteiger partial charge < -0.3 is 0 Å². The Morgan fingerprint density at radius 1 is 1.25 bits per heavy atom. The second-order valence-electron chi connectivity index (χ2n) is 5.40. The number of aromatic nitrogens is 2. The van der Waals surface area contributed by atoms with Crippen LogP contribution in [0.2, 0.25) is 0 Å². The van der Waals surface area contributed by atoms with Crippen molar-refractivity contribution in [3.8, 4) is 0 Å². The summed E-state index contributed by atoms with van der Waals surface area (Å²) in [5, 5.41) is 10.5. The molecule has 0 spiro atoms. The van der Waals surface area contributed by atoms with E-state index in [4.69, 9.17) is 0 Å². The molecule has 3 rings (SSSR count). The van der Waals surface area contributed by atoms with E-state index in [1.165, 1.54) is 16.9 Å². The van der Waals surface area contributed by atoms with Gasteiger partial charge in [-0.1, -0.05) is 36.4 Å². The first kappa shape index (κ1) is 16.1. The summed E-state index contributed by atoms with van der Waals surface area (Å²) < 4.78 is 1.95. The minimum absolute atomic E-state index is 0.201. The van der Waals surface area contributed by atoms with Crippen molar-refractivity contribution in [3.63, 3.8) is 0 Å². The summed E-state index contributed by atoms with van der Waals surface area (Å²) in [6.07, 6.45) is 1.66. The van der Waals surface area contributed by atoms with Crippen molar-refractivity contribution in [1.82, 2.24) is 15.2 Å². The number of amides is 1. The molecule has 0 bridgehead atoms. The fraction of sp³-hybridized carbons (Fsp3) is 0.167. The van der Waals surface area contributed by atoms with Gasteiger partial charge in [-0.05, 0) is 30.9 Å². The Kier molecular flexibility index (Phi) is 4.86. The summed E-state index contributed by atoms with van der Waals surface area (Å²) in [7, 11) is 0. The number of carbonyl (C=O) groups excluding carboxylic acids is 1. The van der Waals surface area contributed by atoms with Crippen LogP contribution in [0.25, 0.3) is 0 Å². The Balaban J connectivity index is 1.72. The normalized spacial score (nSPS) is 11.1. The minimum atomic E-state index is -0.201. The van der Waals surface area contributed by atoms with E-state index in [0.29, 0.717) is 11.4 Å². The first-order valence-corrected chi connectivity index (χ1v) is 8.48. The van der Waals surface area contributed by atoms with Crippen LogP contribution in [0.4, 0.5) is 0 Å². The zero-order valence-electron chi connectivity index (χ0n) is 13.6. The third-order valence-corrected chi connectivity index (χ3v) is 4.59. The second kappa shape index (κ2) is 7.23. The fourth-order valence-electron chi connectivity index (χ4n) is 2.43. The highest BCUT2D eigenvalue weighted by molar-refractivity contribution is 7.12. The molecule has 0 fully saturated rings. The van der Waals surface area contributed by atoms with Gasteiger partial charge in [0, 0.05) is 11.3 Å². The summed E-state index contributed by atoms with van der Waals surface area (Å²) >= 11 is 1.39. The van der Waals surface area contributed by atoms with E-state index in [1.54, 1.807) is 12.3 Å². The molecule has 2 aromatic heterocycles. The highest BCUT2D eigenvalue weighted by Crippen LogP contribution is 2.13. The molecule has 3 aromatic rings. The van der Waals surface area contributed by atoms with Crippen LogP contribution >= 0.6 is 11.3 Å². The standard InChI is InChI=1S/C18H18N4OS/c1-13-16(11-19-20-18(23)17-9-6-10-24-17)14(2)22(21-13)12-15-7-4-3-5-8-15/h3-11H,12H2,1-2H3,(H,20,23)/b19-11+. The molecule has 0 atom stereocenters. The predicted octanol–water partition coefficient (Wildman–Crippen LogP) is 3.37. The van der Waals surface area contributed by atoms with E-state index < -0.39 is 0 Å². The number of carbonyl (C=O) groups is 1. The minimum Gasteiger partial charge on any atom is -0.266 e. The first-order chi connectivity index (χ1) is 11.6. The summed E-state index contributed by atoms with van der Waals surface area (Å²) in [6.45, 7) is 4.66. The number of rotatable bonds is 5. The summed E-state index contributed by atoms with van der Waals surface area (Å²) in [5.41, 5.74) is 6.58. The van der Waals surface area contributed by atoms with Crippen LogP contribution < -0.4 is 5.43 Å². The van der Waals surface area contributed by atoms with E-state index in [9.17, 15) is 4.79 Å². The molecule has 0 aliphatic rings. The molecule has 0 aliphatic carbocycles. The molecule has 0 radical (unpaired) electrons. The molecule has 1 N–H and O–H groups in total. The van der Waals surface area contributed by atoms with Gasteiger partial charge >= 0.3 is 0 Å². The Bertz CT molecular complexity index is 851. The van der Waals surface area contributed by atoms with Gasteiger partial charge in [-0.3, -0.25) is 9.48 Å². The Labute approximate surface area is 144 Å². The lowest BCUT2D eigenvalue weighted by molar-refractivity contribution is 0.0959. The third kappa shape index (κ3) is 3.60. The molecule has 0 saturated heterocycles. The van der Waals surface area contributed by atoms with E-state index >= 15 is 0 Å². The number of hydrogen-bond acceptors (Lipinski definition) is 4. The van der Waals surface area contributed by atoms with Crippen molar-refractivity contribution in [2.75, 3.05) is 0 Å². The average Bonchev–Trinajstić information content (AvgIpc) is 3.20. The van der Waals surface area contributed by atoms with Crippen LogP contribution in [-0.2, 0) is 6.54 Å².